The van der Waals surface area contributed by atoms with E-state index >= 15 is 0 Å². The number of hydrogen-bond acceptors (Lipinski definition) is 4. The highest BCUT2D eigenvalue weighted by molar-refractivity contribution is 5.90. The number of benzene rings is 2. The van der Waals surface area contributed by atoms with Crippen molar-refractivity contribution in [2.24, 2.45) is 0 Å². The van der Waals surface area contributed by atoms with E-state index in [9.17, 15) is 19.8 Å². The summed E-state index contributed by atoms with van der Waals surface area (Å²) in [6, 6.07) is 14.3. The third-order valence-electron chi connectivity index (χ3n) is 6.42. The molecule has 4 amide bonds. The first kappa shape index (κ1) is 23.1. The molecule has 4 unspecified atom stereocenters. The predicted molar refractivity (Wildman–Crippen MR) is 127 cm³/mol. The second-order valence-electron chi connectivity index (χ2n) is 8.98. The summed E-state index contributed by atoms with van der Waals surface area (Å²) in [4.78, 5) is 24.3. The van der Waals surface area contributed by atoms with Crippen molar-refractivity contribution in [3.8, 4) is 0 Å². The van der Waals surface area contributed by atoms with Gasteiger partial charge in [0.1, 0.15) is 0 Å². The van der Waals surface area contributed by atoms with Gasteiger partial charge in [-0.15, -0.1) is 0 Å². The third-order valence-corrected chi connectivity index (χ3v) is 6.42. The Kier molecular flexibility index (Phi) is 7.47. The summed E-state index contributed by atoms with van der Waals surface area (Å²) in [7, 11) is 0. The molecule has 0 saturated heterocycles. The normalized spacial score (nSPS) is 24.3. The molecular weight excluding hydrogens is 420 g/mol. The van der Waals surface area contributed by atoms with E-state index in [1.165, 1.54) is 0 Å². The molecule has 6 N–H and O–H groups in total. The predicted octanol–water partition coefficient (Wildman–Crippen LogP) is 3.35. The van der Waals surface area contributed by atoms with Crippen LogP contribution in [0.15, 0.2) is 48.5 Å². The SMILES string of the molecule is O=C(Nc1ccc(Cc2ccc(NC(=O)NC3CCCC3O)cc2)cc1)NC1CCCC1O. The van der Waals surface area contributed by atoms with Gasteiger partial charge in [0.2, 0.25) is 0 Å². The van der Waals surface area contributed by atoms with E-state index in [0.717, 1.165) is 56.1 Å². The number of rotatable bonds is 6. The fourth-order valence-electron chi connectivity index (χ4n) is 4.54. The van der Waals surface area contributed by atoms with Gasteiger partial charge >= 0.3 is 12.1 Å². The van der Waals surface area contributed by atoms with Crippen molar-refractivity contribution >= 4 is 23.4 Å². The number of hydrogen-bond donors (Lipinski definition) is 6. The van der Waals surface area contributed by atoms with Crippen LogP contribution in [0.25, 0.3) is 0 Å². The molecule has 2 aliphatic rings. The van der Waals surface area contributed by atoms with Crippen LogP contribution in [0.5, 0.6) is 0 Å². The molecule has 0 aliphatic heterocycles. The van der Waals surface area contributed by atoms with Gasteiger partial charge in [0.25, 0.3) is 0 Å². The zero-order chi connectivity index (χ0) is 23.2. The number of carbonyl (C=O) groups excluding carboxylic acids is 2. The quantitative estimate of drug-likeness (QED) is 0.402. The topological polar surface area (TPSA) is 123 Å². The summed E-state index contributed by atoms with van der Waals surface area (Å²) in [6.45, 7) is 0. The van der Waals surface area contributed by atoms with Crippen molar-refractivity contribution < 1.29 is 19.8 Å². The molecule has 0 heterocycles. The van der Waals surface area contributed by atoms with Crippen LogP contribution in [0, 0.1) is 0 Å². The second kappa shape index (κ2) is 10.7. The maximum atomic E-state index is 12.1. The van der Waals surface area contributed by atoms with Crippen LogP contribution in [-0.4, -0.2) is 46.6 Å². The van der Waals surface area contributed by atoms with Gasteiger partial charge in [0.05, 0.1) is 24.3 Å². The summed E-state index contributed by atoms with van der Waals surface area (Å²) in [5.74, 6) is 0. The van der Waals surface area contributed by atoms with Crippen molar-refractivity contribution in [1.82, 2.24) is 10.6 Å². The average molecular weight is 453 g/mol. The third kappa shape index (κ3) is 6.46. The lowest BCUT2D eigenvalue weighted by atomic mass is 10.0. The number of anilines is 2. The van der Waals surface area contributed by atoms with E-state index in [1.54, 1.807) is 0 Å². The molecule has 0 radical (unpaired) electrons. The molecule has 2 aromatic rings. The maximum Gasteiger partial charge on any atom is 0.319 e. The summed E-state index contributed by atoms with van der Waals surface area (Å²) in [6.07, 6.45) is 4.71. The maximum absolute atomic E-state index is 12.1. The molecule has 8 nitrogen and oxygen atoms in total. The lowest BCUT2D eigenvalue weighted by molar-refractivity contribution is 0.151. The molecule has 8 heteroatoms. The summed E-state index contributed by atoms with van der Waals surface area (Å²) in [5, 5.41) is 30.9. The van der Waals surface area contributed by atoms with Gasteiger partial charge in [-0.2, -0.15) is 0 Å². The first-order valence-corrected chi connectivity index (χ1v) is 11.7. The molecule has 2 aliphatic carbocycles. The highest BCUT2D eigenvalue weighted by Crippen LogP contribution is 2.20. The Labute approximate surface area is 193 Å². The molecule has 176 valence electrons. The number of amides is 4. The average Bonchev–Trinajstić information content (AvgIpc) is 3.38. The minimum Gasteiger partial charge on any atom is -0.391 e. The van der Waals surface area contributed by atoms with Gasteiger partial charge < -0.3 is 31.5 Å². The number of carbonyl (C=O) groups is 2. The van der Waals surface area contributed by atoms with Crippen LogP contribution in [0.3, 0.4) is 0 Å². The Bertz CT molecular complexity index is 870. The largest absolute Gasteiger partial charge is 0.391 e. The van der Waals surface area contributed by atoms with E-state index in [1.807, 2.05) is 48.5 Å². The van der Waals surface area contributed by atoms with Crippen LogP contribution >= 0.6 is 0 Å². The van der Waals surface area contributed by atoms with Crippen molar-refractivity contribution in [1.29, 1.82) is 0 Å². The van der Waals surface area contributed by atoms with Crippen molar-refractivity contribution in [2.75, 3.05) is 10.6 Å². The zero-order valence-corrected chi connectivity index (χ0v) is 18.6. The molecule has 2 aromatic carbocycles. The Morgan fingerprint density at radius 2 is 1.06 bits per heavy atom. The molecule has 0 spiro atoms. The molecule has 2 fully saturated rings. The van der Waals surface area contributed by atoms with Crippen LogP contribution in [0.1, 0.15) is 49.7 Å². The van der Waals surface area contributed by atoms with Gasteiger partial charge in [-0.3, -0.25) is 0 Å². The molecule has 4 atom stereocenters. The Morgan fingerprint density at radius 3 is 1.39 bits per heavy atom. The van der Waals surface area contributed by atoms with Crippen LogP contribution < -0.4 is 21.3 Å². The molecule has 4 rings (SSSR count). The van der Waals surface area contributed by atoms with Crippen LogP contribution in [0.2, 0.25) is 0 Å². The smallest absolute Gasteiger partial charge is 0.319 e. The highest BCUT2D eigenvalue weighted by Gasteiger charge is 2.27. The Balaban J connectivity index is 1.24. The van der Waals surface area contributed by atoms with Crippen molar-refractivity contribution in [2.45, 2.75) is 69.2 Å². The Hall–Kier alpha value is -3.10. The van der Waals surface area contributed by atoms with Crippen LogP contribution in [-0.2, 0) is 6.42 Å². The summed E-state index contributed by atoms with van der Waals surface area (Å²) < 4.78 is 0. The monoisotopic (exact) mass is 452 g/mol. The molecular formula is C25H32N4O4. The van der Waals surface area contributed by atoms with Crippen molar-refractivity contribution in [3.63, 3.8) is 0 Å². The number of aliphatic hydroxyl groups excluding tert-OH is 2. The number of urea groups is 2. The first-order valence-electron chi connectivity index (χ1n) is 11.7. The lowest BCUT2D eigenvalue weighted by Gasteiger charge is -2.17. The van der Waals surface area contributed by atoms with Gasteiger partial charge in [-0.05, 0) is 80.3 Å². The minimum absolute atomic E-state index is 0.179. The standard InChI is InChI=1S/C25H32N4O4/c30-22-5-1-3-20(22)28-24(32)26-18-11-7-16(8-12-18)15-17-9-13-19(14-10-17)27-25(33)29-21-4-2-6-23(21)31/h7-14,20-23,30-31H,1-6,15H2,(H2,26,28,32)(H2,27,29,33). The van der Waals surface area contributed by atoms with E-state index in [-0.39, 0.29) is 24.1 Å². The number of nitrogens with one attached hydrogen (secondary N) is 4. The molecule has 0 aromatic heterocycles. The van der Waals surface area contributed by atoms with Gasteiger partial charge in [0, 0.05) is 11.4 Å². The van der Waals surface area contributed by atoms with Gasteiger partial charge in [0.15, 0.2) is 0 Å². The van der Waals surface area contributed by atoms with Crippen LogP contribution in [0.4, 0.5) is 21.0 Å². The van der Waals surface area contributed by atoms with Gasteiger partial charge in [-0.25, -0.2) is 9.59 Å². The van der Waals surface area contributed by atoms with E-state index in [0.29, 0.717) is 11.4 Å². The second-order valence-corrected chi connectivity index (χ2v) is 8.98. The first-order chi connectivity index (χ1) is 16.0. The zero-order valence-electron chi connectivity index (χ0n) is 18.6. The fourth-order valence-corrected chi connectivity index (χ4v) is 4.54. The summed E-state index contributed by atoms with van der Waals surface area (Å²) in [5.41, 5.74) is 3.59. The highest BCUT2D eigenvalue weighted by atomic mass is 16.3. The Morgan fingerprint density at radius 1 is 0.667 bits per heavy atom. The summed E-state index contributed by atoms with van der Waals surface area (Å²) >= 11 is 0. The van der Waals surface area contributed by atoms with E-state index in [2.05, 4.69) is 21.3 Å². The van der Waals surface area contributed by atoms with E-state index < -0.39 is 12.2 Å². The van der Waals surface area contributed by atoms with Crippen molar-refractivity contribution in [3.05, 3.63) is 59.7 Å². The molecule has 33 heavy (non-hydrogen) atoms. The van der Waals surface area contributed by atoms with Gasteiger partial charge in [-0.1, -0.05) is 24.3 Å². The molecule has 0 bridgehead atoms. The minimum atomic E-state index is -0.464. The number of aliphatic hydroxyl groups is 2. The lowest BCUT2D eigenvalue weighted by Crippen LogP contribution is -2.42. The fraction of sp³-hybridized carbons (Fsp3) is 0.440. The van der Waals surface area contributed by atoms with E-state index in [4.69, 9.17) is 0 Å². The molecule has 2 saturated carbocycles.